The van der Waals surface area contributed by atoms with Crippen LogP contribution in [0, 0.1) is 0 Å². The molecule has 0 aliphatic carbocycles. The lowest BCUT2D eigenvalue weighted by atomic mass is 9.87. The Hall–Kier alpha value is -3.40. The standard InChI is InChI=1S/C24H22O4/c1-27-23(25)16-15-22(18-9-4-2-5-10-18)24(26)19-11-8-14-21(17-19)28-20-12-6-3-7-13-20/h2-14,17,22H,15-16H2,1H3. The number of esters is 1. The lowest BCUT2D eigenvalue weighted by Gasteiger charge is -2.16. The zero-order valence-electron chi connectivity index (χ0n) is 15.7. The van der Waals surface area contributed by atoms with Gasteiger partial charge in [-0.05, 0) is 36.2 Å². The molecule has 142 valence electrons. The van der Waals surface area contributed by atoms with E-state index in [1.54, 1.807) is 18.2 Å². The second kappa shape index (κ2) is 9.51. The first-order valence-electron chi connectivity index (χ1n) is 9.16. The number of carbonyl (C=O) groups excluding carboxylic acids is 2. The number of benzene rings is 3. The van der Waals surface area contributed by atoms with Crippen molar-refractivity contribution in [3.05, 3.63) is 96.1 Å². The third-order valence-corrected chi connectivity index (χ3v) is 4.48. The average molecular weight is 374 g/mol. The molecule has 3 aromatic rings. The summed E-state index contributed by atoms with van der Waals surface area (Å²) in [6.07, 6.45) is 0.571. The number of ether oxygens (including phenoxy) is 2. The Morgan fingerprint density at radius 3 is 2.14 bits per heavy atom. The van der Waals surface area contributed by atoms with Crippen molar-refractivity contribution in [1.82, 2.24) is 0 Å². The molecular formula is C24H22O4. The van der Waals surface area contributed by atoms with Crippen molar-refractivity contribution in [2.75, 3.05) is 7.11 Å². The molecule has 0 saturated carbocycles. The van der Waals surface area contributed by atoms with Gasteiger partial charge in [-0.2, -0.15) is 0 Å². The molecule has 0 bridgehead atoms. The van der Waals surface area contributed by atoms with Gasteiger partial charge < -0.3 is 9.47 Å². The Bertz CT molecular complexity index is 920. The van der Waals surface area contributed by atoms with Crippen LogP contribution in [0.4, 0.5) is 0 Å². The fourth-order valence-electron chi connectivity index (χ4n) is 3.04. The molecule has 0 radical (unpaired) electrons. The van der Waals surface area contributed by atoms with Crippen molar-refractivity contribution < 1.29 is 19.1 Å². The van der Waals surface area contributed by atoms with Crippen LogP contribution in [0.25, 0.3) is 0 Å². The van der Waals surface area contributed by atoms with Gasteiger partial charge in [0.25, 0.3) is 0 Å². The summed E-state index contributed by atoms with van der Waals surface area (Å²) in [6.45, 7) is 0. The molecule has 0 amide bonds. The Kier molecular flexibility index (Phi) is 6.58. The third-order valence-electron chi connectivity index (χ3n) is 4.48. The highest BCUT2D eigenvalue weighted by molar-refractivity contribution is 6.01. The predicted molar refractivity (Wildman–Crippen MR) is 108 cm³/mol. The summed E-state index contributed by atoms with van der Waals surface area (Å²) in [4.78, 5) is 24.9. The number of carbonyl (C=O) groups is 2. The van der Waals surface area contributed by atoms with E-state index in [-0.39, 0.29) is 18.2 Å². The lowest BCUT2D eigenvalue weighted by molar-refractivity contribution is -0.140. The van der Waals surface area contributed by atoms with E-state index < -0.39 is 5.92 Å². The molecular weight excluding hydrogens is 352 g/mol. The van der Waals surface area contributed by atoms with Crippen LogP contribution in [0.5, 0.6) is 11.5 Å². The molecule has 0 aliphatic rings. The summed E-state index contributed by atoms with van der Waals surface area (Å²) in [5.74, 6) is 0.505. The quantitative estimate of drug-likeness (QED) is 0.391. The Morgan fingerprint density at radius 2 is 1.46 bits per heavy atom. The van der Waals surface area contributed by atoms with Crippen molar-refractivity contribution in [2.45, 2.75) is 18.8 Å². The van der Waals surface area contributed by atoms with Crippen LogP contribution in [0.2, 0.25) is 0 Å². The molecule has 1 atom stereocenters. The van der Waals surface area contributed by atoms with E-state index in [1.165, 1.54) is 7.11 Å². The normalized spacial score (nSPS) is 11.5. The lowest BCUT2D eigenvalue weighted by Crippen LogP contribution is -2.15. The van der Waals surface area contributed by atoms with E-state index in [4.69, 9.17) is 9.47 Å². The molecule has 28 heavy (non-hydrogen) atoms. The minimum absolute atomic E-state index is 0.0476. The second-order valence-corrected chi connectivity index (χ2v) is 6.39. The SMILES string of the molecule is COC(=O)CCC(C(=O)c1cccc(Oc2ccccc2)c1)c1ccccc1. The zero-order valence-corrected chi connectivity index (χ0v) is 15.7. The maximum atomic E-state index is 13.2. The summed E-state index contributed by atoms with van der Waals surface area (Å²) in [7, 11) is 1.35. The fourth-order valence-corrected chi connectivity index (χ4v) is 3.04. The summed E-state index contributed by atoms with van der Waals surface area (Å²) < 4.78 is 10.6. The number of ketones is 1. The molecule has 1 unspecified atom stereocenters. The molecule has 0 aliphatic heterocycles. The number of rotatable bonds is 8. The van der Waals surface area contributed by atoms with Gasteiger partial charge in [-0.1, -0.05) is 60.7 Å². The first-order valence-corrected chi connectivity index (χ1v) is 9.16. The van der Waals surface area contributed by atoms with E-state index in [2.05, 4.69) is 0 Å². The summed E-state index contributed by atoms with van der Waals surface area (Å²) >= 11 is 0. The van der Waals surface area contributed by atoms with E-state index in [0.717, 1.165) is 5.56 Å². The van der Waals surface area contributed by atoms with Crippen molar-refractivity contribution in [1.29, 1.82) is 0 Å². The Labute approximate surface area is 164 Å². The summed E-state index contributed by atoms with van der Waals surface area (Å²) in [5, 5.41) is 0. The van der Waals surface area contributed by atoms with Gasteiger partial charge in [0.2, 0.25) is 0 Å². The molecule has 0 fully saturated rings. The Balaban J connectivity index is 1.83. The molecule has 0 saturated heterocycles. The predicted octanol–water partition coefficient (Wildman–Crippen LogP) is 5.40. The average Bonchev–Trinajstić information content (AvgIpc) is 2.75. The van der Waals surface area contributed by atoms with E-state index in [0.29, 0.717) is 23.5 Å². The smallest absolute Gasteiger partial charge is 0.305 e. The highest BCUT2D eigenvalue weighted by Crippen LogP contribution is 2.28. The van der Waals surface area contributed by atoms with Crippen LogP contribution in [0.15, 0.2) is 84.9 Å². The van der Waals surface area contributed by atoms with E-state index in [9.17, 15) is 9.59 Å². The number of hydrogen-bond donors (Lipinski definition) is 0. The molecule has 0 heterocycles. The fraction of sp³-hybridized carbons (Fsp3) is 0.167. The van der Waals surface area contributed by atoms with Gasteiger partial charge in [-0.3, -0.25) is 9.59 Å². The molecule has 4 heteroatoms. The van der Waals surface area contributed by atoms with Crippen LogP contribution in [-0.4, -0.2) is 18.9 Å². The van der Waals surface area contributed by atoms with Crippen LogP contribution in [-0.2, 0) is 9.53 Å². The number of hydrogen-bond acceptors (Lipinski definition) is 4. The number of methoxy groups -OCH3 is 1. The van der Waals surface area contributed by atoms with Gasteiger partial charge in [0.15, 0.2) is 5.78 Å². The third kappa shape index (κ3) is 5.07. The minimum atomic E-state index is -0.424. The van der Waals surface area contributed by atoms with E-state index >= 15 is 0 Å². The van der Waals surface area contributed by atoms with Gasteiger partial charge in [0.1, 0.15) is 11.5 Å². The van der Waals surface area contributed by atoms with Gasteiger partial charge >= 0.3 is 5.97 Å². The molecule has 0 aromatic heterocycles. The zero-order chi connectivity index (χ0) is 19.8. The minimum Gasteiger partial charge on any atom is -0.469 e. The van der Waals surface area contributed by atoms with Crippen LogP contribution >= 0.6 is 0 Å². The molecule has 0 spiro atoms. The first-order chi connectivity index (χ1) is 13.7. The van der Waals surface area contributed by atoms with Crippen molar-refractivity contribution in [3.8, 4) is 11.5 Å². The topological polar surface area (TPSA) is 52.6 Å². The summed E-state index contributed by atoms with van der Waals surface area (Å²) in [5.41, 5.74) is 1.43. The maximum Gasteiger partial charge on any atom is 0.305 e. The monoisotopic (exact) mass is 374 g/mol. The van der Waals surface area contributed by atoms with Gasteiger partial charge in [-0.15, -0.1) is 0 Å². The molecule has 4 nitrogen and oxygen atoms in total. The van der Waals surface area contributed by atoms with Crippen molar-refractivity contribution in [3.63, 3.8) is 0 Å². The van der Waals surface area contributed by atoms with Gasteiger partial charge in [-0.25, -0.2) is 0 Å². The number of Topliss-reactive ketones (excluding diaryl/α,β-unsaturated/α-hetero) is 1. The van der Waals surface area contributed by atoms with E-state index in [1.807, 2.05) is 66.7 Å². The summed E-state index contributed by atoms with van der Waals surface area (Å²) in [6, 6.07) is 26.0. The van der Waals surface area contributed by atoms with Crippen molar-refractivity contribution in [2.24, 2.45) is 0 Å². The van der Waals surface area contributed by atoms with Crippen LogP contribution < -0.4 is 4.74 Å². The van der Waals surface area contributed by atoms with Gasteiger partial charge in [0, 0.05) is 17.9 Å². The van der Waals surface area contributed by atoms with Crippen LogP contribution in [0.3, 0.4) is 0 Å². The highest BCUT2D eigenvalue weighted by atomic mass is 16.5. The number of para-hydroxylation sites is 1. The molecule has 3 aromatic carbocycles. The van der Waals surface area contributed by atoms with Gasteiger partial charge in [0.05, 0.1) is 7.11 Å². The highest BCUT2D eigenvalue weighted by Gasteiger charge is 2.23. The molecule has 3 rings (SSSR count). The van der Waals surface area contributed by atoms with Crippen LogP contribution in [0.1, 0.15) is 34.7 Å². The second-order valence-electron chi connectivity index (χ2n) is 6.39. The molecule has 0 N–H and O–H groups in total. The first kappa shape index (κ1) is 19.4. The Morgan fingerprint density at radius 1 is 0.821 bits per heavy atom. The van der Waals surface area contributed by atoms with Crippen molar-refractivity contribution >= 4 is 11.8 Å². The maximum absolute atomic E-state index is 13.2. The largest absolute Gasteiger partial charge is 0.469 e.